The Labute approximate surface area is 205 Å². The number of halogens is 1. The normalized spacial score (nSPS) is 26.1. The van der Waals surface area contributed by atoms with Crippen LogP contribution in [0.25, 0.3) is 0 Å². The van der Waals surface area contributed by atoms with Crippen LogP contribution in [0.3, 0.4) is 0 Å². The molecule has 1 amide bonds. The second-order valence-corrected chi connectivity index (χ2v) is 12.7. The van der Waals surface area contributed by atoms with Gasteiger partial charge >= 0.3 is 5.97 Å². The van der Waals surface area contributed by atoms with Gasteiger partial charge in [-0.25, -0.2) is 4.79 Å². The first-order chi connectivity index (χ1) is 15.1. The average molecular weight is 523 g/mol. The number of carbonyl (C=O) groups is 2. The molecule has 0 radical (unpaired) electrons. The lowest BCUT2D eigenvalue weighted by Gasteiger charge is -2.38. The first kappa shape index (κ1) is 25.3. The third kappa shape index (κ3) is 6.38. The van der Waals surface area contributed by atoms with Crippen LogP contribution >= 0.6 is 27.3 Å². The van der Waals surface area contributed by atoms with Gasteiger partial charge in [0.05, 0.1) is 17.7 Å². The van der Waals surface area contributed by atoms with Crippen LogP contribution < -0.4 is 4.90 Å². The van der Waals surface area contributed by atoms with Gasteiger partial charge in [0.15, 0.2) is 0 Å². The van der Waals surface area contributed by atoms with Crippen LogP contribution in [-0.2, 0) is 9.53 Å². The fourth-order valence-electron chi connectivity index (χ4n) is 4.60. The van der Waals surface area contributed by atoms with Gasteiger partial charge in [-0.1, -0.05) is 34.7 Å². The summed E-state index contributed by atoms with van der Waals surface area (Å²) >= 11 is 5.08. The highest BCUT2D eigenvalue weighted by Crippen LogP contribution is 2.39. The fraction of sp³-hybridized carbons (Fsp3) is 0.692. The molecule has 2 fully saturated rings. The van der Waals surface area contributed by atoms with E-state index in [0.717, 1.165) is 56.2 Å². The van der Waals surface area contributed by atoms with E-state index in [1.807, 2.05) is 11.0 Å². The Balaban J connectivity index is 2.02. The van der Waals surface area contributed by atoms with Crippen molar-refractivity contribution in [1.82, 2.24) is 0 Å². The molecule has 176 valence electrons. The van der Waals surface area contributed by atoms with Crippen LogP contribution in [0.4, 0.5) is 5.69 Å². The molecule has 3 rings (SSSR count). The first-order valence-electron chi connectivity index (χ1n) is 11.8. The monoisotopic (exact) mass is 521 g/mol. The molecule has 2 aliphatic rings. The molecule has 2 aliphatic carbocycles. The van der Waals surface area contributed by atoms with Gasteiger partial charge in [-0.05, 0) is 84.1 Å². The minimum Gasteiger partial charge on any atom is -0.465 e. The van der Waals surface area contributed by atoms with Crippen LogP contribution in [0.1, 0.15) is 93.6 Å². The van der Waals surface area contributed by atoms with Crippen LogP contribution in [-0.4, -0.2) is 29.9 Å². The molecular formula is C26H36BrNO3S. The maximum Gasteiger partial charge on any atom is 0.350 e. The van der Waals surface area contributed by atoms with Gasteiger partial charge in [-0.2, -0.15) is 0 Å². The number of rotatable bonds is 4. The topological polar surface area (TPSA) is 46.6 Å². The number of anilines is 1. The summed E-state index contributed by atoms with van der Waals surface area (Å²) in [6.45, 7) is 8.46. The van der Waals surface area contributed by atoms with E-state index in [4.69, 9.17) is 4.74 Å². The molecule has 0 aromatic carbocycles. The molecule has 0 N–H and O–H groups in total. The molecule has 0 saturated heterocycles. The number of methoxy groups -OCH3 is 1. The zero-order valence-electron chi connectivity index (χ0n) is 20.0. The molecule has 32 heavy (non-hydrogen) atoms. The standard InChI is InChI=1S/C26H36BrNO3S/c1-17-6-8-18(9-7-17)24(29)28(20-12-10-19(27)11-13-20)22-16-21(14-15-26(2,3)4)32-23(22)25(30)31-5/h16-20H,6-13H2,1-5H3/t17-,18-,19-,20+. The van der Waals surface area contributed by atoms with E-state index in [0.29, 0.717) is 21.3 Å². The zero-order valence-corrected chi connectivity index (χ0v) is 22.4. The Morgan fingerprint density at radius 1 is 1.09 bits per heavy atom. The summed E-state index contributed by atoms with van der Waals surface area (Å²) in [7, 11) is 1.40. The van der Waals surface area contributed by atoms with Crippen molar-refractivity contribution < 1.29 is 14.3 Å². The van der Waals surface area contributed by atoms with Crippen molar-refractivity contribution in [3.8, 4) is 11.8 Å². The molecule has 1 aromatic heterocycles. The van der Waals surface area contributed by atoms with Crippen molar-refractivity contribution in [3.63, 3.8) is 0 Å². The first-order valence-corrected chi connectivity index (χ1v) is 13.5. The smallest absolute Gasteiger partial charge is 0.350 e. The average Bonchev–Trinajstić information content (AvgIpc) is 3.17. The number of amides is 1. The lowest BCUT2D eigenvalue weighted by atomic mass is 9.81. The van der Waals surface area contributed by atoms with Crippen molar-refractivity contribution in [2.24, 2.45) is 17.3 Å². The molecule has 4 nitrogen and oxygen atoms in total. The molecular weight excluding hydrogens is 486 g/mol. The van der Waals surface area contributed by atoms with Crippen LogP contribution in [0.2, 0.25) is 0 Å². The van der Waals surface area contributed by atoms with Crippen LogP contribution in [0, 0.1) is 29.1 Å². The summed E-state index contributed by atoms with van der Waals surface area (Å²) < 4.78 is 5.11. The number of hydrogen-bond donors (Lipinski definition) is 0. The number of carbonyl (C=O) groups excluding carboxylic acids is 2. The Bertz CT molecular complexity index is 875. The largest absolute Gasteiger partial charge is 0.465 e. The Hall–Kier alpha value is -1.32. The number of nitrogens with zero attached hydrogens (tertiary/aromatic N) is 1. The maximum absolute atomic E-state index is 13.9. The SMILES string of the molecule is COC(=O)c1sc(C#CC(C)(C)C)cc1N(C(=O)[C@H]1CC[C@H](C)CC1)[C@H]1CC[C@@H](Br)CC1. The van der Waals surface area contributed by atoms with E-state index in [9.17, 15) is 9.59 Å². The van der Waals surface area contributed by atoms with E-state index in [2.05, 4.69) is 55.5 Å². The van der Waals surface area contributed by atoms with Crippen molar-refractivity contribution in [2.75, 3.05) is 12.0 Å². The molecule has 0 bridgehead atoms. The molecule has 1 aromatic rings. The van der Waals surface area contributed by atoms with Gasteiger partial charge in [0.1, 0.15) is 4.88 Å². The molecule has 1 heterocycles. The van der Waals surface area contributed by atoms with Crippen LogP contribution in [0.5, 0.6) is 0 Å². The van der Waals surface area contributed by atoms with Crippen molar-refractivity contribution in [2.45, 2.75) is 89.9 Å². The van der Waals surface area contributed by atoms with Gasteiger partial charge in [0.25, 0.3) is 0 Å². The van der Waals surface area contributed by atoms with E-state index in [1.54, 1.807) is 0 Å². The van der Waals surface area contributed by atoms with Gasteiger partial charge in [0, 0.05) is 22.2 Å². The summed E-state index contributed by atoms with van der Waals surface area (Å²) in [6, 6.07) is 2.05. The summed E-state index contributed by atoms with van der Waals surface area (Å²) in [5, 5.41) is 0. The molecule has 0 atom stereocenters. The second kappa shape index (κ2) is 10.7. The number of hydrogen-bond acceptors (Lipinski definition) is 4. The van der Waals surface area contributed by atoms with Crippen molar-refractivity contribution in [3.05, 3.63) is 15.8 Å². The van der Waals surface area contributed by atoms with Gasteiger partial charge in [-0.3, -0.25) is 4.79 Å². The molecule has 2 saturated carbocycles. The third-order valence-electron chi connectivity index (χ3n) is 6.50. The van der Waals surface area contributed by atoms with E-state index in [1.165, 1.54) is 18.4 Å². The summed E-state index contributed by atoms with van der Waals surface area (Å²) in [5.41, 5.74) is 0.555. The van der Waals surface area contributed by atoms with E-state index < -0.39 is 5.97 Å². The quantitative estimate of drug-likeness (QED) is 0.248. The number of alkyl halides is 1. The van der Waals surface area contributed by atoms with Crippen LogP contribution in [0.15, 0.2) is 6.07 Å². The molecule has 0 aliphatic heterocycles. The summed E-state index contributed by atoms with van der Waals surface area (Å²) in [5.74, 6) is 6.98. The maximum atomic E-state index is 13.9. The lowest BCUT2D eigenvalue weighted by Crippen LogP contribution is -2.46. The third-order valence-corrected chi connectivity index (χ3v) is 8.43. The van der Waals surface area contributed by atoms with Gasteiger partial charge < -0.3 is 9.64 Å². The molecule has 6 heteroatoms. The highest BCUT2D eigenvalue weighted by atomic mass is 79.9. The minimum atomic E-state index is -0.391. The molecule has 0 unspecified atom stereocenters. The highest BCUT2D eigenvalue weighted by molar-refractivity contribution is 9.09. The predicted octanol–water partition coefficient (Wildman–Crippen LogP) is 6.80. The number of esters is 1. The van der Waals surface area contributed by atoms with E-state index >= 15 is 0 Å². The minimum absolute atomic E-state index is 0.0300. The lowest BCUT2D eigenvalue weighted by molar-refractivity contribution is -0.124. The number of thiophene rings is 1. The van der Waals surface area contributed by atoms with E-state index in [-0.39, 0.29) is 23.3 Å². The Morgan fingerprint density at radius 2 is 1.72 bits per heavy atom. The van der Waals surface area contributed by atoms with Crippen molar-refractivity contribution >= 4 is 44.8 Å². The fourth-order valence-corrected chi connectivity index (χ4v) is 6.05. The summed E-state index contributed by atoms with van der Waals surface area (Å²) in [6.07, 6.45) is 7.98. The highest BCUT2D eigenvalue weighted by Gasteiger charge is 2.37. The second-order valence-electron chi connectivity index (χ2n) is 10.4. The molecule has 0 spiro atoms. The summed E-state index contributed by atoms with van der Waals surface area (Å²) in [4.78, 5) is 30.4. The van der Waals surface area contributed by atoms with Gasteiger partial charge in [-0.15, -0.1) is 11.3 Å². The van der Waals surface area contributed by atoms with Gasteiger partial charge in [0.2, 0.25) is 5.91 Å². The predicted molar refractivity (Wildman–Crippen MR) is 136 cm³/mol. The van der Waals surface area contributed by atoms with Crippen molar-refractivity contribution in [1.29, 1.82) is 0 Å². The number of ether oxygens (including phenoxy) is 1. The Kier molecular flexibility index (Phi) is 8.49. The Morgan fingerprint density at radius 3 is 2.28 bits per heavy atom. The zero-order chi connectivity index (χ0) is 23.5.